The Labute approximate surface area is 175 Å². The second-order valence-corrected chi connectivity index (χ2v) is 7.70. The minimum absolute atomic E-state index is 0.0688. The molecule has 3 aromatic heterocycles. The lowest BCUT2D eigenvalue weighted by Crippen LogP contribution is -2.22. The van der Waals surface area contributed by atoms with Crippen molar-refractivity contribution in [1.29, 1.82) is 0 Å². The Kier molecular flexibility index (Phi) is 4.65. The molecule has 5 aromatic rings. The monoisotopic (exact) mass is 415 g/mol. The predicted octanol–water partition coefficient (Wildman–Crippen LogP) is 3.44. The summed E-state index contributed by atoms with van der Waals surface area (Å²) in [6.45, 7) is 0.418. The van der Waals surface area contributed by atoms with Gasteiger partial charge in [-0.15, -0.1) is 0 Å². The van der Waals surface area contributed by atoms with E-state index in [9.17, 15) is 4.79 Å². The van der Waals surface area contributed by atoms with E-state index in [-0.39, 0.29) is 5.56 Å². The number of imidazole rings is 1. The minimum Gasteiger partial charge on any atom is -0.493 e. The van der Waals surface area contributed by atoms with Gasteiger partial charge < -0.3 is 9.47 Å². The van der Waals surface area contributed by atoms with Gasteiger partial charge in [0.05, 0.1) is 22.7 Å². The highest BCUT2D eigenvalue weighted by Gasteiger charge is 2.11. The summed E-state index contributed by atoms with van der Waals surface area (Å²) in [7, 11) is 1.60. The van der Waals surface area contributed by atoms with Crippen molar-refractivity contribution in [3.63, 3.8) is 0 Å². The lowest BCUT2D eigenvalue weighted by atomic mass is 10.2. The molecule has 0 atom stereocenters. The molecule has 0 amide bonds. The molecule has 30 heavy (non-hydrogen) atoms. The number of fused-ring (bicyclic) bond motifs is 3. The third-order valence-electron chi connectivity index (χ3n) is 4.77. The number of hydrogen-bond donors (Lipinski definition) is 0. The lowest BCUT2D eigenvalue weighted by molar-refractivity contribution is 0.284. The summed E-state index contributed by atoms with van der Waals surface area (Å²) in [5.41, 5.74) is 3.46. The number of aromatic nitrogens is 3. The largest absolute Gasteiger partial charge is 0.493 e. The van der Waals surface area contributed by atoms with Gasteiger partial charge in [0.1, 0.15) is 6.61 Å². The highest BCUT2D eigenvalue weighted by molar-refractivity contribution is 7.15. The molecule has 0 N–H and O–H groups in total. The smallest absolute Gasteiger partial charge is 0.274 e. The van der Waals surface area contributed by atoms with Crippen LogP contribution in [-0.2, 0) is 6.61 Å². The lowest BCUT2D eigenvalue weighted by Gasteiger charge is -2.11. The van der Waals surface area contributed by atoms with Crippen molar-refractivity contribution in [2.24, 2.45) is 0 Å². The number of pyridine rings is 1. The number of nitrogens with zero attached hydrogens (tertiary/aromatic N) is 3. The highest BCUT2D eigenvalue weighted by atomic mass is 32.1. The van der Waals surface area contributed by atoms with E-state index in [2.05, 4.69) is 9.97 Å². The van der Waals surface area contributed by atoms with E-state index in [4.69, 9.17) is 9.47 Å². The van der Waals surface area contributed by atoms with Crippen molar-refractivity contribution in [2.75, 3.05) is 7.11 Å². The molecule has 0 fully saturated rings. The fourth-order valence-corrected chi connectivity index (χ4v) is 4.28. The van der Waals surface area contributed by atoms with Crippen LogP contribution >= 0.6 is 11.3 Å². The Balaban J connectivity index is 1.49. The first-order chi connectivity index (χ1) is 14.7. The zero-order chi connectivity index (χ0) is 20.5. The van der Waals surface area contributed by atoms with E-state index in [1.807, 2.05) is 60.7 Å². The van der Waals surface area contributed by atoms with Crippen molar-refractivity contribution in [2.45, 2.75) is 6.61 Å². The van der Waals surface area contributed by atoms with Gasteiger partial charge in [-0.2, -0.15) is 0 Å². The van der Waals surface area contributed by atoms with Gasteiger partial charge in [-0.05, 0) is 53.6 Å². The van der Waals surface area contributed by atoms with Crippen LogP contribution in [0.25, 0.3) is 22.1 Å². The molecule has 2 aromatic carbocycles. The molecule has 148 valence electrons. The zero-order valence-electron chi connectivity index (χ0n) is 16.1. The summed E-state index contributed by atoms with van der Waals surface area (Å²) in [6.07, 6.45) is 5.32. The van der Waals surface area contributed by atoms with Crippen molar-refractivity contribution in [1.82, 2.24) is 14.4 Å². The van der Waals surface area contributed by atoms with Gasteiger partial charge in [-0.3, -0.25) is 9.78 Å². The number of rotatable bonds is 5. The molecular weight excluding hydrogens is 398 g/mol. The van der Waals surface area contributed by atoms with Gasteiger partial charge in [0.15, 0.2) is 16.5 Å². The molecule has 0 saturated carbocycles. The Morgan fingerprint density at radius 2 is 1.90 bits per heavy atom. The van der Waals surface area contributed by atoms with Gasteiger partial charge in [-0.25, -0.2) is 9.38 Å². The third-order valence-corrected chi connectivity index (χ3v) is 5.74. The first kappa shape index (κ1) is 18.3. The fraction of sp³-hybridized carbons (Fsp3) is 0.0870. The number of methoxy groups -OCH3 is 1. The van der Waals surface area contributed by atoms with Crippen molar-refractivity contribution in [3.05, 3.63) is 93.0 Å². The third kappa shape index (κ3) is 3.29. The number of hydrogen-bond acceptors (Lipinski definition) is 6. The SMILES string of the molecule is COc1cc(/C=c2\sc3nc4ccccc4n3c2=O)ccc1OCc1ccncc1. The van der Waals surface area contributed by atoms with Gasteiger partial charge >= 0.3 is 0 Å². The average molecular weight is 415 g/mol. The summed E-state index contributed by atoms with van der Waals surface area (Å²) in [6, 6.07) is 17.1. The summed E-state index contributed by atoms with van der Waals surface area (Å²) in [4.78, 5) is 22.2. The van der Waals surface area contributed by atoms with Crippen LogP contribution in [-0.4, -0.2) is 21.5 Å². The van der Waals surface area contributed by atoms with Gasteiger partial charge in [0, 0.05) is 12.4 Å². The molecule has 6 nitrogen and oxygen atoms in total. The summed E-state index contributed by atoms with van der Waals surface area (Å²) >= 11 is 1.38. The number of ether oxygens (including phenoxy) is 2. The quantitative estimate of drug-likeness (QED) is 0.440. The zero-order valence-corrected chi connectivity index (χ0v) is 16.9. The molecule has 0 unspecified atom stereocenters. The van der Waals surface area contributed by atoms with E-state index >= 15 is 0 Å². The molecule has 5 rings (SSSR count). The molecule has 3 heterocycles. The van der Waals surface area contributed by atoms with Crippen molar-refractivity contribution in [3.8, 4) is 11.5 Å². The van der Waals surface area contributed by atoms with Crippen LogP contribution in [0.1, 0.15) is 11.1 Å². The van der Waals surface area contributed by atoms with Crippen molar-refractivity contribution >= 4 is 33.4 Å². The number of thiazole rings is 1. The van der Waals surface area contributed by atoms with E-state index in [0.29, 0.717) is 27.6 Å². The second-order valence-electron chi connectivity index (χ2n) is 6.69. The molecule has 0 aliphatic rings. The van der Waals surface area contributed by atoms with Gasteiger partial charge in [-0.1, -0.05) is 29.5 Å². The van der Waals surface area contributed by atoms with Gasteiger partial charge in [0.25, 0.3) is 5.56 Å². The van der Waals surface area contributed by atoms with E-state index in [1.165, 1.54) is 11.3 Å². The van der Waals surface area contributed by atoms with Crippen LogP contribution in [0.5, 0.6) is 11.5 Å². The molecule has 0 spiro atoms. The maximum Gasteiger partial charge on any atom is 0.274 e. The normalized spacial score (nSPS) is 12.0. The molecular formula is C23H17N3O3S. The molecule has 7 heteroatoms. The molecule has 0 bridgehead atoms. The molecule has 0 aliphatic carbocycles. The van der Waals surface area contributed by atoms with Crippen LogP contribution < -0.4 is 19.6 Å². The van der Waals surface area contributed by atoms with Crippen LogP contribution in [0.2, 0.25) is 0 Å². The summed E-state index contributed by atoms with van der Waals surface area (Å²) < 4.78 is 13.7. The molecule has 0 aliphatic heterocycles. The summed E-state index contributed by atoms with van der Waals surface area (Å²) in [5.74, 6) is 1.25. The molecule has 0 radical (unpaired) electrons. The number of benzene rings is 2. The Hall–Kier alpha value is -3.71. The minimum atomic E-state index is -0.0688. The second kappa shape index (κ2) is 7.61. The van der Waals surface area contributed by atoms with E-state index in [0.717, 1.165) is 22.2 Å². The molecule has 0 saturated heterocycles. The standard InChI is InChI=1S/C23H17N3O3S/c1-28-20-12-16(6-7-19(20)29-14-15-8-10-24-11-9-15)13-21-22(27)26-18-5-3-2-4-17(18)25-23(26)30-21/h2-13H,14H2,1H3/b21-13-. The predicted molar refractivity (Wildman–Crippen MR) is 117 cm³/mol. The number of para-hydroxylation sites is 2. The maximum absolute atomic E-state index is 12.9. The Morgan fingerprint density at radius 3 is 2.73 bits per heavy atom. The van der Waals surface area contributed by atoms with Crippen LogP contribution in [0.15, 0.2) is 71.8 Å². The maximum atomic E-state index is 12.9. The fourth-order valence-electron chi connectivity index (χ4n) is 3.30. The van der Waals surface area contributed by atoms with E-state index < -0.39 is 0 Å². The Bertz CT molecular complexity index is 1460. The Morgan fingerprint density at radius 1 is 1.07 bits per heavy atom. The van der Waals surface area contributed by atoms with Gasteiger partial charge in [0.2, 0.25) is 0 Å². The van der Waals surface area contributed by atoms with Crippen LogP contribution in [0.4, 0.5) is 0 Å². The highest BCUT2D eigenvalue weighted by Crippen LogP contribution is 2.29. The topological polar surface area (TPSA) is 65.7 Å². The van der Waals surface area contributed by atoms with E-state index in [1.54, 1.807) is 23.9 Å². The first-order valence-corrected chi connectivity index (χ1v) is 10.2. The summed E-state index contributed by atoms with van der Waals surface area (Å²) in [5, 5.41) is 0. The van der Waals surface area contributed by atoms with Crippen LogP contribution in [0.3, 0.4) is 0 Å². The van der Waals surface area contributed by atoms with Crippen molar-refractivity contribution < 1.29 is 9.47 Å². The average Bonchev–Trinajstić information content (AvgIpc) is 3.29. The van der Waals surface area contributed by atoms with Crippen LogP contribution in [0, 0.1) is 0 Å². The first-order valence-electron chi connectivity index (χ1n) is 9.34.